The van der Waals surface area contributed by atoms with E-state index >= 15 is 0 Å². The first-order chi connectivity index (χ1) is 9.63. The second kappa shape index (κ2) is 9.06. The molecule has 1 aromatic rings. The zero-order valence-corrected chi connectivity index (χ0v) is 13.0. The maximum atomic E-state index is 13.9. The molecule has 0 aliphatic carbocycles. The molecule has 0 fully saturated rings. The van der Waals surface area contributed by atoms with Gasteiger partial charge in [-0.3, -0.25) is 0 Å². The average Bonchev–Trinajstić information content (AvgIpc) is 2.46. The summed E-state index contributed by atoms with van der Waals surface area (Å²) < 4.78 is 27.2. The minimum Gasteiger partial charge on any atom is -0.300 e. The monoisotopic (exact) mass is 284 g/mol. The summed E-state index contributed by atoms with van der Waals surface area (Å²) >= 11 is 0. The molecule has 0 saturated carbocycles. The molecular formula is C17H28F2N+. The van der Waals surface area contributed by atoms with Crippen LogP contribution < -0.4 is 4.90 Å². The normalized spacial score (nSPS) is 14.2. The quantitative estimate of drug-likeness (QED) is 0.696. The van der Waals surface area contributed by atoms with Crippen molar-refractivity contribution in [1.29, 1.82) is 0 Å². The second-order valence-corrected chi connectivity index (χ2v) is 5.51. The van der Waals surface area contributed by atoms with Crippen molar-refractivity contribution in [3.63, 3.8) is 0 Å². The van der Waals surface area contributed by atoms with Crippen LogP contribution in [-0.2, 0) is 0 Å². The van der Waals surface area contributed by atoms with Gasteiger partial charge in [0, 0.05) is 6.07 Å². The molecule has 0 aliphatic rings. The molecule has 0 heterocycles. The van der Waals surface area contributed by atoms with Crippen molar-refractivity contribution in [1.82, 2.24) is 0 Å². The van der Waals surface area contributed by atoms with Crippen LogP contribution in [-0.4, -0.2) is 13.1 Å². The minimum absolute atomic E-state index is 0.470. The maximum Gasteiger partial charge on any atom is 0.219 e. The topological polar surface area (TPSA) is 4.44 Å². The second-order valence-electron chi connectivity index (χ2n) is 5.51. The molecule has 1 nitrogen and oxygen atoms in total. The van der Waals surface area contributed by atoms with E-state index in [1.54, 1.807) is 12.1 Å². The highest BCUT2D eigenvalue weighted by Gasteiger charge is 2.19. The van der Waals surface area contributed by atoms with E-state index in [2.05, 4.69) is 13.8 Å². The molecule has 114 valence electrons. The van der Waals surface area contributed by atoms with Crippen LogP contribution in [0.3, 0.4) is 0 Å². The molecule has 0 aliphatic heterocycles. The zero-order chi connectivity index (χ0) is 15.0. The lowest BCUT2D eigenvalue weighted by Crippen LogP contribution is -3.07. The smallest absolute Gasteiger partial charge is 0.219 e. The van der Waals surface area contributed by atoms with Gasteiger partial charge in [-0.25, -0.2) is 4.39 Å². The Kier molecular flexibility index (Phi) is 7.75. The Hall–Kier alpha value is -0.960. The highest BCUT2D eigenvalue weighted by Crippen LogP contribution is 2.17. The first-order valence-corrected chi connectivity index (χ1v) is 7.93. The Bertz CT molecular complexity index is 393. The van der Waals surface area contributed by atoms with E-state index in [1.807, 2.05) is 6.92 Å². The molecule has 0 radical (unpaired) electrons. The van der Waals surface area contributed by atoms with Crippen LogP contribution in [0.1, 0.15) is 52.9 Å². The molecule has 1 rings (SSSR count). The molecule has 0 aromatic heterocycles. The van der Waals surface area contributed by atoms with E-state index in [1.165, 1.54) is 31.7 Å². The van der Waals surface area contributed by atoms with E-state index in [9.17, 15) is 8.78 Å². The van der Waals surface area contributed by atoms with Gasteiger partial charge in [-0.05, 0) is 25.3 Å². The molecule has 0 spiro atoms. The van der Waals surface area contributed by atoms with Crippen molar-refractivity contribution in [2.24, 2.45) is 5.92 Å². The summed E-state index contributed by atoms with van der Waals surface area (Å²) in [6.07, 6.45) is 5.97. The molecule has 0 saturated heterocycles. The van der Waals surface area contributed by atoms with Crippen LogP contribution in [0.15, 0.2) is 18.2 Å². The Balaban J connectivity index is 2.65. The fraction of sp³-hybridized carbons (Fsp3) is 0.647. The van der Waals surface area contributed by atoms with Gasteiger partial charge in [0.05, 0.1) is 13.1 Å². The number of rotatable bonds is 9. The van der Waals surface area contributed by atoms with Gasteiger partial charge >= 0.3 is 0 Å². The third-order valence-corrected chi connectivity index (χ3v) is 4.16. The standard InChI is InChI=1S/C17H27F2N/c1-4-7-9-14(5-2)12-13-20(6-3)16-11-8-10-15(18)17(16)19/h8,10-11,14H,4-7,9,12-13H2,1-3H3/p+1. The van der Waals surface area contributed by atoms with Crippen LogP contribution in [0.5, 0.6) is 0 Å². The molecule has 0 bridgehead atoms. The minimum atomic E-state index is -0.744. The van der Waals surface area contributed by atoms with Crippen molar-refractivity contribution >= 4 is 5.69 Å². The fourth-order valence-electron chi connectivity index (χ4n) is 2.70. The van der Waals surface area contributed by atoms with Gasteiger partial charge in [0.2, 0.25) is 5.82 Å². The van der Waals surface area contributed by atoms with Crippen LogP contribution >= 0.6 is 0 Å². The van der Waals surface area contributed by atoms with Crippen LogP contribution in [0.4, 0.5) is 14.5 Å². The number of unbranched alkanes of at least 4 members (excludes halogenated alkanes) is 1. The predicted octanol–water partition coefficient (Wildman–Crippen LogP) is 4.11. The number of quaternary nitrogens is 1. The highest BCUT2D eigenvalue weighted by molar-refractivity contribution is 5.31. The number of nitrogens with one attached hydrogen (secondary N) is 1. The summed E-state index contributed by atoms with van der Waals surface area (Å²) in [6, 6.07) is 4.48. The van der Waals surface area contributed by atoms with Gasteiger partial charge < -0.3 is 4.90 Å². The van der Waals surface area contributed by atoms with E-state index in [4.69, 9.17) is 0 Å². The summed E-state index contributed by atoms with van der Waals surface area (Å²) in [5.74, 6) is -0.731. The molecule has 1 aromatic carbocycles. The number of hydrogen-bond acceptors (Lipinski definition) is 0. The van der Waals surface area contributed by atoms with Gasteiger partial charge in [0.25, 0.3) is 0 Å². The summed E-state index contributed by atoms with van der Waals surface area (Å²) in [6.45, 7) is 8.10. The zero-order valence-electron chi connectivity index (χ0n) is 13.0. The number of halogens is 2. The van der Waals surface area contributed by atoms with E-state index in [0.717, 1.165) is 24.4 Å². The van der Waals surface area contributed by atoms with Gasteiger partial charge in [-0.2, -0.15) is 4.39 Å². The van der Waals surface area contributed by atoms with E-state index in [-0.39, 0.29) is 0 Å². The van der Waals surface area contributed by atoms with Crippen LogP contribution in [0, 0.1) is 17.6 Å². The summed E-state index contributed by atoms with van der Waals surface area (Å²) in [5.41, 5.74) is 0.470. The maximum absolute atomic E-state index is 13.9. The highest BCUT2D eigenvalue weighted by atomic mass is 19.2. The number of benzene rings is 1. The Morgan fingerprint density at radius 2 is 1.85 bits per heavy atom. The Labute approximate surface area is 122 Å². The molecule has 20 heavy (non-hydrogen) atoms. The lowest BCUT2D eigenvalue weighted by Gasteiger charge is -2.21. The van der Waals surface area contributed by atoms with Gasteiger partial charge in [-0.1, -0.05) is 45.6 Å². The largest absolute Gasteiger partial charge is 0.300 e. The third-order valence-electron chi connectivity index (χ3n) is 4.16. The van der Waals surface area contributed by atoms with E-state index < -0.39 is 11.6 Å². The third kappa shape index (κ3) is 4.86. The first-order valence-electron chi connectivity index (χ1n) is 7.93. The average molecular weight is 284 g/mol. The van der Waals surface area contributed by atoms with Crippen molar-refractivity contribution in [3.8, 4) is 0 Å². The molecule has 1 N–H and O–H groups in total. The molecule has 2 unspecified atom stereocenters. The van der Waals surface area contributed by atoms with Crippen molar-refractivity contribution < 1.29 is 13.7 Å². The van der Waals surface area contributed by atoms with Crippen molar-refractivity contribution in [3.05, 3.63) is 29.8 Å². The van der Waals surface area contributed by atoms with Crippen molar-refractivity contribution in [2.45, 2.75) is 52.9 Å². The Morgan fingerprint density at radius 1 is 1.10 bits per heavy atom. The van der Waals surface area contributed by atoms with Crippen molar-refractivity contribution in [2.75, 3.05) is 13.1 Å². The summed E-state index contributed by atoms with van der Waals surface area (Å²) in [5, 5.41) is 0. The molecule has 0 amide bonds. The SMILES string of the molecule is CCCCC(CC)CC[NH+](CC)c1cccc(F)c1F. The van der Waals surface area contributed by atoms with Crippen LogP contribution in [0.25, 0.3) is 0 Å². The molecule has 2 atom stereocenters. The molecule has 3 heteroatoms. The van der Waals surface area contributed by atoms with Gasteiger partial charge in [0.15, 0.2) is 11.5 Å². The summed E-state index contributed by atoms with van der Waals surface area (Å²) in [4.78, 5) is 1.04. The fourth-order valence-corrected chi connectivity index (χ4v) is 2.70. The summed E-state index contributed by atoms with van der Waals surface area (Å²) in [7, 11) is 0. The predicted molar refractivity (Wildman–Crippen MR) is 80.3 cm³/mol. The number of hydrogen-bond donors (Lipinski definition) is 1. The van der Waals surface area contributed by atoms with Crippen LogP contribution in [0.2, 0.25) is 0 Å². The first kappa shape index (κ1) is 17.1. The molecular weight excluding hydrogens is 256 g/mol. The van der Waals surface area contributed by atoms with Gasteiger partial charge in [0.1, 0.15) is 0 Å². The Morgan fingerprint density at radius 3 is 2.45 bits per heavy atom. The lowest BCUT2D eigenvalue weighted by molar-refractivity contribution is -0.832. The van der Waals surface area contributed by atoms with E-state index in [0.29, 0.717) is 11.6 Å². The van der Waals surface area contributed by atoms with Gasteiger partial charge in [-0.15, -0.1) is 0 Å². The lowest BCUT2D eigenvalue weighted by atomic mass is 9.95.